The number of aromatic nitrogens is 2. The van der Waals surface area contributed by atoms with Gasteiger partial charge in [-0.1, -0.05) is 12.1 Å². The van der Waals surface area contributed by atoms with E-state index in [1.165, 1.54) is 15.1 Å². The largest absolute Gasteiger partial charge is 0.338 e. The van der Waals surface area contributed by atoms with Gasteiger partial charge in [0.05, 0.1) is 17.3 Å². The lowest BCUT2D eigenvalue weighted by atomic mass is 10.1. The molecule has 4 rings (SSSR count). The summed E-state index contributed by atoms with van der Waals surface area (Å²) >= 11 is 1.73. The molecule has 0 radical (unpaired) electrons. The number of H-pyrrole nitrogens is 1. The summed E-state index contributed by atoms with van der Waals surface area (Å²) in [5.41, 5.74) is 0.617. The van der Waals surface area contributed by atoms with E-state index in [9.17, 15) is 14.4 Å². The van der Waals surface area contributed by atoms with E-state index in [0.29, 0.717) is 23.9 Å². The summed E-state index contributed by atoms with van der Waals surface area (Å²) in [6, 6.07) is 8.76. The van der Waals surface area contributed by atoms with Gasteiger partial charge in [0.25, 0.3) is 11.1 Å². The normalized spacial score (nSPS) is 13.8. The van der Waals surface area contributed by atoms with Crippen LogP contribution in [0.4, 0.5) is 0 Å². The molecule has 1 N–H and O–H groups in total. The molecule has 0 aliphatic carbocycles. The Morgan fingerprint density at radius 3 is 2.80 bits per heavy atom. The summed E-state index contributed by atoms with van der Waals surface area (Å²) in [7, 11) is 0. The first kappa shape index (κ1) is 15.8. The van der Waals surface area contributed by atoms with E-state index in [4.69, 9.17) is 0 Å². The zero-order chi connectivity index (χ0) is 17.4. The average Bonchev–Trinajstić information content (AvgIpc) is 3.11. The molecule has 0 atom stereocenters. The molecule has 0 saturated heterocycles. The smallest absolute Gasteiger partial charge is 0.273 e. The lowest BCUT2D eigenvalue weighted by Gasteiger charge is -2.27. The van der Waals surface area contributed by atoms with E-state index < -0.39 is 0 Å². The Balaban J connectivity index is 1.51. The van der Waals surface area contributed by atoms with Crippen LogP contribution in [0, 0.1) is 0 Å². The van der Waals surface area contributed by atoms with E-state index >= 15 is 0 Å². The van der Waals surface area contributed by atoms with Crippen molar-refractivity contribution in [3.63, 3.8) is 0 Å². The fourth-order valence-corrected chi connectivity index (χ4v) is 4.12. The quantitative estimate of drug-likeness (QED) is 0.777. The summed E-state index contributed by atoms with van der Waals surface area (Å²) in [4.78, 5) is 40.2. The van der Waals surface area contributed by atoms with Gasteiger partial charge < -0.3 is 4.90 Å². The molecule has 128 valence electrons. The predicted molar refractivity (Wildman–Crippen MR) is 96.9 cm³/mol. The van der Waals surface area contributed by atoms with Crippen LogP contribution in [0.1, 0.15) is 16.9 Å². The van der Waals surface area contributed by atoms with Gasteiger partial charge in [0.2, 0.25) is 5.91 Å². The van der Waals surface area contributed by atoms with Gasteiger partial charge in [0.1, 0.15) is 0 Å². The standard InChI is InChI=1S/C18H17N3O3S/c22-16(20-8-5-15-12(11-20)7-10-25-15)6-9-21-18(24)14-4-2-1-3-13(14)17(23)19-21/h1-4,7,10H,5-6,8-9,11H2,(H,19,23). The number of aryl methyl sites for hydroxylation is 1. The second kappa shape index (κ2) is 6.33. The van der Waals surface area contributed by atoms with Crippen molar-refractivity contribution in [2.45, 2.75) is 25.9 Å². The van der Waals surface area contributed by atoms with E-state index in [0.717, 1.165) is 6.42 Å². The SMILES string of the molecule is O=C(CCn1[nH]c(=O)c2ccccc2c1=O)N1CCc2sccc2C1. The topological polar surface area (TPSA) is 75.2 Å². The first-order valence-electron chi connectivity index (χ1n) is 8.18. The van der Waals surface area contributed by atoms with Crippen LogP contribution >= 0.6 is 11.3 Å². The molecule has 1 aliphatic heterocycles. The Kier molecular flexibility index (Phi) is 4.01. The highest BCUT2D eigenvalue weighted by Gasteiger charge is 2.21. The second-order valence-corrected chi connectivity index (χ2v) is 7.13. The summed E-state index contributed by atoms with van der Waals surface area (Å²) in [6.45, 7) is 1.50. The van der Waals surface area contributed by atoms with Crippen molar-refractivity contribution in [2.24, 2.45) is 0 Å². The van der Waals surface area contributed by atoms with E-state index in [1.54, 1.807) is 35.6 Å². The van der Waals surface area contributed by atoms with Crippen LogP contribution in [0.2, 0.25) is 0 Å². The number of carbonyl (C=O) groups excluding carboxylic acids is 1. The number of hydrogen-bond donors (Lipinski definition) is 1. The fourth-order valence-electron chi connectivity index (χ4n) is 3.23. The van der Waals surface area contributed by atoms with Crippen molar-refractivity contribution in [3.8, 4) is 0 Å². The van der Waals surface area contributed by atoms with Crippen LogP contribution in [-0.2, 0) is 24.3 Å². The van der Waals surface area contributed by atoms with Crippen molar-refractivity contribution < 1.29 is 4.79 Å². The Labute approximate surface area is 147 Å². The molecule has 0 unspecified atom stereocenters. The van der Waals surface area contributed by atoms with Crippen molar-refractivity contribution in [2.75, 3.05) is 6.54 Å². The molecule has 1 aliphatic rings. The predicted octanol–water partition coefficient (Wildman–Crippen LogP) is 1.73. The van der Waals surface area contributed by atoms with Gasteiger partial charge in [0, 0.05) is 24.4 Å². The monoisotopic (exact) mass is 355 g/mol. The third-order valence-electron chi connectivity index (χ3n) is 4.59. The van der Waals surface area contributed by atoms with Crippen LogP contribution in [0.25, 0.3) is 10.8 Å². The van der Waals surface area contributed by atoms with Gasteiger partial charge in [-0.05, 0) is 35.6 Å². The average molecular weight is 355 g/mol. The lowest BCUT2D eigenvalue weighted by molar-refractivity contribution is -0.132. The van der Waals surface area contributed by atoms with E-state index in [1.807, 2.05) is 4.90 Å². The molecule has 0 saturated carbocycles. The third-order valence-corrected chi connectivity index (χ3v) is 5.62. The maximum absolute atomic E-state index is 12.5. The lowest BCUT2D eigenvalue weighted by Crippen LogP contribution is -2.37. The molecule has 25 heavy (non-hydrogen) atoms. The van der Waals surface area contributed by atoms with Gasteiger partial charge in [-0.15, -0.1) is 11.3 Å². The first-order chi connectivity index (χ1) is 12.1. The minimum absolute atomic E-state index is 0.00208. The minimum atomic E-state index is -0.316. The number of nitrogens with one attached hydrogen (secondary N) is 1. The maximum atomic E-state index is 12.5. The second-order valence-electron chi connectivity index (χ2n) is 6.13. The molecule has 3 heterocycles. The first-order valence-corrected chi connectivity index (χ1v) is 9.06. The summed E-state index contributed by atoms with van der Waals surface area (Å²) in [5.74, 6) is -0.00208. The molecule has 1 aromatic carbocycles. The van der Waals surface area contributed by atoms with E-state index in [2.05, 4.69) is 16.5 Å². The van der Waals surface area contributed by atoms with Gasteiger partial charge >= 0.3 is 0 Å². The molecule has 0 bridgehead atoms. The molecular formula is C18H17N3O3S. The van der Waals surface area contributed by atoms with Gasteiger partial charge in [-0.2, -0.15) is 0 Å². The molecule has 3 aromatic rings. The molecule has 6 nitrogen and oxygen atoms in total. The number of nitrogens with zero attached hydrogens (tertiary/aromatic N) is 2. The number of benzene rings is 1. The number of aromatic amines is 1. The maximum Gasteiger partial charge on any atom is 0.273 e. The van der Waals surface area contributed by atoms with Crippen molar-refractivity contribution in [3.05, 3.63) is 66.9 Å². The van der Waals surface area contributed by atoms with Crippen molar-refractivity contribution >= 4 is 28.0 Å². The third kappa shape index (κ3) is 2.91. The van der Waals surface area contributed by atoms with Crippen molar-refractivity contribution in [1.82, 2.24) is 14.7 Å². The number of carbonyl (C=O) groups is 1. The molecule has 7 heteroatoms. The Morgan fingerprint density at radius 2 is 1.96 bits per heavy atom. The molecule has 0 spiro atoms. The number of thiophene rings is 1. The minimum Gasteiger partial charge on any atom is -0.338 e. The Hall–Kier alpha value is -2.67. The van der Waals surface area contributed by atoms with Crippen LogP contribution < -0.4 is 11.1 Å². The molecule has 1 amide bonds. The highest BCUT2D eigenvalue weighted by atomic mass is 32.1. The highest BCUT2D eigenvalue weighted by Crippen LogP contribution is 2.24. The molecule has 2 aromatic heterocycles. The zero-order valence-electron chi connectivity index (χ0n) is 13.5. The van der Waals surface area contributed by atoms with Gasteiger partial charge in [-0.3, -0.25) is 19.5 Å². The van der Waals surface area contributed by atoms with Crippen molar-refractivity contribution in [1.29, 1.82) is 0 Å². The molecule has 0 fully saturated rings. The van der Waals surface area contributed by atoms with E-state index in [-0.39, 0.29) is 30.0 Å². The van der Waals surface area contributed by atoms with Gasteiger partial charge in [-0.25, -0.2) is 4.68 Å². The number of amides is 1. The van der Waals surface area contributed by atoms with Crippen LogP contribution in [0.15, 0.2) is 45.3 Å². The molecular weight excluding hydrogens is 338 g/mol. The Morgan fingerprint density at radius 1 is 1.16 bits per heavy atom. The number of hydrogen-bond acceptors (Lipinski definition) is 4. The van der Waals surface area contributed by atoms with Crippen LogP contribution in [0.5, 0.6) is 0 Å². The highest BCUT2D eigenvalue weighted by molar-refractivity contribution is 7.10. The number of fused-ring (bicyclic) bond motifs is 2. The van der Waals surface area contributed by atoms with Gasteiger partial charge in [0.15, 0.2) is 0 Å². The van der Waals surface area contributed by atoms with Crippen LogP contribution in [-0.4, -0.2) is 27.1 Å². The van der Waals surface area contributed by atoms with Crippen LogP contribution in [0.3, 0.4) is 0 Å². The number of rotatable bonds is 3. The summed E-state index contributed by atoms with van der Waals surface area (Å²) in [5, 5.41) is 5.37. The summed E-state index contributed by atoms with van der Waals surface area (Å²) in [6.07, 6.45) is 1.07. The Bertz CT molecular complexity index is 1060. The zero-order valence-corrected chi connectivity index (χ0v) is 14.3. The summed E-state index contributed by atoms with van der Waals surface area (Å²) < 4.78 is 1.24. The fraction of sp³-hybridized carbons (Fsp3) is 0.278.